The predicted molar refractivity (Wildman–Crippen MR) is 173 cm³/mol. The van der Waals surface area contributed by atoms with Gasteiger partial charge in [-0.15, -0.1) is 11.8 Å². The Morgan fingerprint density at radius 2 is 1.17 bits per heavy atom. The predicted octanol–water partition coefficient (Wildman–Crippen LogP) is 4.79. The van der Waals surface area contributed by atoms with Gasteiger partial charge in [0.25, 0.3) is 0 Å². The zero-order valence-electron chi connectivity index (χ0n) is 29.9. The second kappa shape index (κ2) is 24.5. The first kappa shape index (κ1) is 42.4. The van der Waals surface area contributed by atoms with E-state index in [1.807, 2.05) is 27.9 Å². The maximum absolute atomic E-state index is 10.4. The molecule has 0 aromatic heterocycles. The van der Waals surface area contributed by atoms with Gasteiger partial charge in [-0.3, -0.25) is 0 Å². The summed E-state index contributed by atoms with van der Waals surface area (Å²) in [5.74, 6) is 12.7. The molecule has 4 rings (SSSR count). The van der Waals surface area contributed by atoms with Crippen LogP contribution in [-0.4, -0.2) is 106 Å². The molecule has 11 heteroatoms. The molecule has 12 unspecified atom stereocenters. The standard InChI is InChI=1S/C10H20O2.2C9H14O3.C7H12O3/c1-4-5-8-6-9(11-2)7-10(8)12-3;2*1-4-5-7-6-8(10-2)12-9(7)11-3;1-5-3-6(4-8)7(9-2)10-5/h8-10H,4-7H2,1-3H3;2*7-9H,6H2,1-3H3;4-7H,3H2,1-2H3. The van der Waals surface area contributed by atoms with Crippen molar-refractivity contribution in [3.8, 4) is 23.7 Å². The molecule has 0 aromatic carbocycles. The van der Waals surface area contributed by atoms with Crippen LogP contribution in [-0.2, 0) is 52.2 Å². The molecule has 1 aliphatic carbocycles. The molecule has 0 aromatic rings. The van der Waals surface area contributed by atoms with E-state index in [-0.39, 0.29) is 55.3 Å². The fourth-order valence-corrected chi connectivity index (χ4v) is 6.03. The van der Waals surface area contributed by atoms with Crippen LogP contribution in [0.4, 0.5) is 0 Å². The first-order chi connectivity index (χ1) is 22.2. The molecule has 46 heavy (non-hydrogen) atoms. The van der Waals surface area contributed by atoms with Crippen LogP contribution in [0.3, 0.4) is 0 Å². The number of methoxy groups -OCH3 is 7. The van der Waals surface area contributed by atoms with Gasteiger partial charge in [0.05, 0.1) is 36.1 Å². The Morgan fingerprint density at radius 3 is 1.52 bits per heavy atom. The number of hydrogen-bond acceptors (Lipinski definition) is 11. The molecule has 0 amide bonds. The van der Waals surface area contributed by atoms with Gasteiger partial charge in [0.15, 0.2) is 31.5 Å². The fraction of sp³-hybridized carbons (Fsp3) is 0.857. The molecule has 0 radical (unpaired) electrons. The monoisotopic (exact) mass is 656 g/mol. The average Bonchev–Trinajstić information content (AvgIpc) is 3.86. The van der Waals surface area contributed by atoms with Gasteiger partial charge in [-0.25, -0.2) is 0 Å². The van der Waals surface area contributed by atoms with Gasteiger partial charge in [-0.1, -0.05) is 25.2 Å². The lowest BCUT2D eigenvalue weighted by Crippen LogP contribution is -2.18. The first-order valence-corrected chi connectivity index (χ1v) is 16.2. The number of rotatable bonds is 10. The summed E-state index contributed by atoms with van der Waals surface area (Å²) in [6.45, 7) is 7.79. The topological polar surface area (TPSA) is 109 Å². The van der Waals surface area contributed by atoms with Crippen LogP contribution < -0.4 is 0 Å². The fourth-order valence-electron chi connectivity index (χ4n) is 6.03. The lowest BCUT2D eigenvalue weighted by Gasteiger charge is -2.15. The SMILES string of the molecule is CC#CC1CC(OC)OC1OC.CC#CC1CC(OC)OC1OC.CCCC1CC(OC)CC1OC.COC1OC(C)CC1C=O. The van der Waals surface area contributed by atoms with Gasteiger partial charge in [-0.05, 0) is 46.0 Å². The van der Waals surface area contributed by atoms with Crippen molar-refractivity contribution in [2.45, 2.75) is 122 Å². The molecule has 4 fully saturated rings. The highest BCUT2D eigenvalue weighted by Gasteiger charge is 2.36. The molecule has 3 saturated heterocycles. The first-order valence-electron chi connectivity index (χ1n) is 16.2. The molecule has 0 N–H and O–H groups in total. The number of carbonyl (C=O) groups excluding carboxylic acids is 1. The number of hydrogen-bond donors (Lipinski definition) is 0. The highest BCUT2D eigenvalue weighted by molar-refractivity contribution is 5.54. The van der Waals surface area contributed by atoms with Gasteiger partial charge in [-0.2, -0.15) is 0 Å². The number of ether oxygens (including phenoxy) is 10. The van der Waals surface area contributed by atoms with Crippen molar-refractivity contribution in [1.29, 1.82) is 0 Å². The third kappa shape index (κ3) is 14.2. The van der Waals surface area contributed by atoms with Crippen molar-refractivity contribution in [2.24, 2.45) is 23.7 Å². The maximum Gasteiger partial charge on any atom is 0.174 e. The van der Waals surface area contributed by atoms with Gasteiger partial charge >= 0.3 is 0 Å². The van der Waals surface area contributed by atoms with E-state index < -0.39 is 0 Å². The summed E-state index contributed by atoms with van der Waals surface area (Å²) < 4.78 is 52.0. The van der Waals surface area contributed by atoms with Gasteiger partial charge < -0.3 is 52.2 Å². The third-order valence-electron chi connectivity index (χ3n) is 8.38. The Balaban J connectivity index is 0.000000307. The molecule has 0 spiro atoms. The molecule has 3 heterocycles. The summed E-state index contributed by atoms with van der Waals surface area (Å²) in [5.41, 5.74) is 0. The van der Waals surface area contributed by atoms with Gasteiger partial charge in [0.1, 0.15) is 6.29 Å². The zero-order valence-corrected chi connectivity index (χ0v) is 29.9. The minimum absolute atomic E-state index is 0.0694. The molecule has 266 valence electrons. The quantitative estimate of drug-likeness (QED) is 0.239. The lowest BCUT2D eigenvalue weighted by molar-refractivity contribution is -0.190. The molecule has 3 aliphatic heterocycles. The Hall–Kier alpha value is -1.61. The van der Waals surface area contributed by atoms with Crippen molar-refractivity contribution in [3.05, 3.63) is 0 Å². The van der Waals surface area contributed by atoms with Crippen LogP contribution in [0, 0.1) is 47.4 Å². The van der Waals surface area contributed by atoms with Gasteiger partial charge in [0, 0.05) is 69.0 Å². The van der Waals surface area contributed by atoms with E-state index >= 15 is 0 Å². The van der Waals surface area contributed by atoms with Crippen LogP contribution in [0.5, 0.6) is 0 Å². The highest BCUT2D eigenvalue weighted by atomic mass is 16.8. The second-order valence-corrected chi connectivity index (χ2v) is 11.5. The van der Waals surface area contributed by atoms with Crippen molar-refractivity contribution >= 4 is 6.29 Å². The summed E-state index contributed by atoms with van der Waals surface area (Å²) in [7, 11) is 11.6. The molecule has 0 bridgehead atoms. The maximum atomic E-state index is 10.4. The Labute approximate surface area is 277 Å². The molecular formula is C35H60O11. The van der Waals surface area contributed by atoms with E-state index in [2.05, 4.69) is 30.6 Å². The molecule has 1 saturated carbocycles. The summed E-state index contributed by atoms with van der Waals surface area (Å²) >= 11 is 0. The van der Waals surface area contributed by atoms with E-state index in [9.17, 15) is 4.79 Å². The van der Waals surface area contributed by atoms with Crippen molar-refractivity contribution < 1.29 is 52.2 Å². The van der Waals surface area contributed by atoms with E-state index in [4.69, 9.17) is 47.4 Å². The minimum Gasteiger partial charge on any atom is -0.381 e. The lowest BCUT2D eigenvalue weighted by atomic mass is 10.0. The molecule has 12 atom stereocenters. The Kier molecular flexibility index (Phi) is 22.6. The third-order valence-corrected chi connectivity index (χ3v) is 8.38. The average molecular weight is 657 g/mol. The Morgan fingerprint density at radius 1 is 0.652 bits per heavy atom. The van der Waals surface area contributed by atoms with Crippen LogP contribution in [0.1, 0.15) is 72.6 Å². The van der Waals surface area contributed by atoms with Crippen LogP contribution in [0.2, 0.25) is 0 Å². The normalized spacial score (nSPS) is 36.0. The van der Waals surface area contributed by atoms with Crippen molar-refractivity contribution in [3.63, 3.8) is 0 Å². The van der Waals surface area contributed by atoms with E-state index in [0.717, 1.165) is 37.9 Å². The summed E-state index contributed by atoms with van der Waals surface area (Å²) in [5, 5.41) is 0. The summed E-state index contributed by atoms with van der Waals surface area (Å²) in [6.07, 6.45) is 7.96. The number of aldehydes is 1. The molecular weight excluding hydrogens is 596 g/mol. The number of carbonyl (C=O) groups is 1. The van der Waals surface area contributed by atoms with Crippen molar-refractivity contribution in [2.75, 3.05) is 49.8 Å². The highest BCUT2D eigenvalue weighted by Crippen LogP contribution is 2.33. The summed E-state index contributed by atoms with van der Waals surface area (Å²) in [6, 6.07) is 0. The Bertz CT molecular complexity index is 881. The van der Waals surface area contributed by atoms with E-state index in [1.54, 1.807) is 42.7 Å². The minimum atomic E-state index is -0.313. The van der Waals surface area contributed by atoms with Crippen LogP contribution in [0.15, 0.2) is 0 Å². The van der Waals surface area contributed by atoms with Crippen LogP contribution in [0.25, 0.3) is 0 Å². The second-order valence-electron chi connectivity index (χ2n) is 11.5. The molecule has 4 aliphatic rings. The summed E-state index contributed by atoms with van der Waals surface area (Å²) in [4.78, 5) is 10.4. The smallest absolute Gasteiger partial charge is 0.174 e. The molecule has 11 nitrogen and oxygen atoms in total. The van der Waals surface area contributed by atoms with Crippen molar-refractivity contribution in [1.82, 2.24) is 0 Å². The zero-order chi connectivity index (χ0) is 34.5. The van der Waals surface area contributed by atoms with E-state index in [0.29, 0.717) is 12.2 Å². The largest absolute Gasteiger partial charge is 0.381 e. The van der Waals surface area contributed by atoms with E-state index in [1.165, 1.54) is 19.3 Å². The van der Waals surface area contributed by atoms with Gasteiger partial charge in [0.2, 0.25) is 0 Å². The van der Waals surface area contributed by atoms with Crippen LogP contribution >= 0.6 is 0 Å².